The number of anilines is 1. The first-order valence-electron chi connectivity index (χ1n) is 11.4. The number of amides is 1. The van der Waals surface area contributed by atoms with Gasteiger partial charge in [0, 0.05) is 56.9 Å². The van der Waals surface area contributed by atoms with Crippen LogP contribution in [0, 0.1) is 0 Å². The Hall–Kier alpha value is -4.01. The van der Waals surface area contributed by atoms with Crippen molar-refractivity contribution >= 4 is 17.8 Å². The van der Waals surface area contributed by atoms with Gasteiger partial charge in [0.1, 0.15) is 5.82 Å². The molecule has 2 aliphatic rings. The van der Waals surface area contributed by atoms with Gasteiger partial charge in [-0.2, -0.15) is 5.10 Å². The molecular formula is C25H27N7O2. The smallest absolute Gasteiger partial charge is 0.255 e. The van der Waals surface area contributed by atoms with Gasteiger partial charge >= 0.3 is 0 Å². The number of allylic oxidation sites excluding steroid dienone is 2. The highest BCUT2D eigenvalue weighted by atomic mass is 16.2. The minimum Gasteiger partial charge on any atom is -0.355 e. The zero-order chi connectivity index (χ0) is 23.7. The minimum absolute atomic E-state index is 0.0501. The van der Waals surface area contributed by atoms with E-state index in [2.05, 4.69) is 21.6 Å². The molecule has 174 valence electrons. The third-order valence-electron chi connectivity index (χ3n) is 6.59. The molecule has 34 heavy (non-hydrogen) atoms. The molecule has 0 unspecified atom stereocenters. The Morgan fingerprint density at radius 2 is 2.06 bits per heavy atom. The Bertz CT molecular complexity index is 1300. The van der Waals surface area contributed by atoms with E-state index in [9.17, 15) is 9.59 Å². The molecule has 0 atom stereocenters. The molecule has 1 saturated heterocycles. The maximum atomic E-state index is 13.5. The summed E-state index contributed by atoms with van der Waals surface area (Å²) in [7, 11) is 1.86. The van der Waals surface area contributed by atoms with Gasteiger partial charge in [0.2, 0.25) is 0 Å². The van der Waals surface area contributed by atoms with E-state index in [1.807, 2.05) is 36.4 Å². The van der Waals surface area contributed by atoms with Crippen LogP contribution in [0.3, 0.4) is 0 Å². The van der Waals surface area contributed by atoms with Crippen molar-refractivity contribution in [2.24, 2.45) is 0 Å². The first-order chi connectivity index (χ1) is 16.6. The summed E-state index contributed by atoms with van der Waals surface area (Å²) in [5, 5.41) is 4.22. The average molecular weight is 458 g/mol. The summed E-state index contributed by atoms with van der Waals surface area (Å²) in [6.45, 7) is 5.66. The summed E-state index contributed by atoms with van der Waals surface area (Å²) in [6.07, 6.45) is 16.4. The number of carbonyl (C=O) groups excluding carboxylic acids is 1. The zero-order valence-corrected chi connectivity index (χ0v) is 19.2. The van der Waals surface area contributed by atoms with E-state index in [0.717, 1.165) is 37.3 Å². The molecule has 1 amide bonds. The van der Waals surface area contributed by atoms with Gasteiger partial charge in [-0.1, -0.05) is 18.2 Å². The first kappa shape index (κ1) is 21.8. The highest BCUT2D eigenvalue weighted by Gasteiger charge is 2.29. The number of pyridine rings is 1. The summed E-state index contributed by atoms with van der Waals surface area (Å²) in [5.41, 5.74) is 1.97. The Morgan fingerprint density at radius 3 is 2.79 bits per heavy atom. The highest BCUT2D eigenvalue weighted by Crippen LogP contribution is 2.25. The third-order valence-corrected chi connectivity index (χ3v) is 6.59. The van der Waals surface area contributed by atoms with Crippen molar-refractivity contribution in [2.45, 2.75) is 31.8 Å². The molecule has 1 aliphatic heterocycles. The van der Waals surface area contributed by atoms with Crippen LogP contribution < -0.4 is 10.5 Å². The fourth-order valence-corrected chi connectivity index (χ4v) is 4.71. The third kappa shape index (κ3) is 3.93. The van der Waals surface area contributed by atoms with Crippen LogP contribution in [0.1, 0.15) is 34.3 Å². The van der Waals surface area contributed by atoms with Crippen molar-refractivity contribution in [1.82, 2.24) is 29.2 Å². The lowest BCUT2D eigenvalue weighted by atomic mass is 10.0. The van der Waals surface area contributed by atoms with E-state index in [1.54, 1.807) is 40.1 Å². The Morgan fingerprint density at radius 1 is 1.26 bits per heavy atom. The SMILES string of the molecule is C=CCn1cc(C(=O)N(C)C2CCN(c3cncc(-n4cccn4)n3)CC2)c2c(c1=O)CC=C2. The fraction of sp³-hybridized carbons (Fsp3) is 0.320. The predicted molar refractivity (Wildman–Crippen MR) is 130 cm³/mol. The van der Waals surface area contributed by atoms with Crippen LogP contribution in [0.25, 0.3) is 11.9 Å². The average Bonchev–Trinajstić information content (AvgIpc) is 3.58. The van der Waals surface area contributed by atoms with Crippen molar-refractivity contribution in [3.8, 4) is 5.82 Å². The van der Waals surface area contributed by atoms with Gasteiger partial charge < -0.3 is 14.4 Å². The van der Waals surface area contributed by atoms with E-state index in [1.165, 1.54) is 0 Å². The van der Waals surface area contributed by atoms with Gasteiger partial charge in [-0.25, -0.2) is 9.67 Å². The number of hydrogen-bond donors (Lipinski definition) is 0. The molecule has 9 nitrogen and oxygen atoms in total. The molecule has 0 aromatic carbocycles. The van der Waals surface area contributed by atoms with Gasteiger partial charge in [0.15, 0.2) is 5.82 Å². The molecule has 4 heterocycles. The van der Waals surface area contributed by atoms with Gasteiger partial charge in [0.25, 0.3) is 11.5 Å². The van der Waals surface area contributed by atoms with Gasteiger partial charge in [0.05, 0.1) is 18.0 Å². The number of piperidine rings is 1. The number of fused-ring (bicyclic) bond motifs is 1. The lowest BCUT2D eigenvalue weighted by Crippen LogP contribution is -2.46. The van der Waals surface area contributed by atoms with Gasteiger partial charge in [-0.3, -0.25) is 14.6 Å². The number of aromatic nitrogens is 5. The number of hydrogen-bond acceptors (Lipinski definition) is 6. The van der Waals surface area contributed by atoms with E-state index in [4.69, 9.17) is 4.98 Å². The molecule has 1 aliphatic carbocycles. The molecule has 3 aromatic rings. The summed E-state index contributed by atoms with van der Waals surface area (Å²) < 4.78 is 3.27. The standard InChI is InChI=1S/C25H27N7O2/c1-3-11-31-17-21(19-6-4-7-20(19)25(31)34)24(33)29(2)18-8-13-30(14-9-18)22-15-26-16-23(28-22)32-12-5-10-27-32/h3-6,10,12,15-18H,1,7-9,11,13-14H2,2H3. The Labute approximate surface area is 197 Å². The van der Waals surface area contributed by atoms with E-state index >= 15 is 0 Å². The topological polar surface area (TPSA) is 89.2 Å². The Kier molecular flexibility index (Phi) is 5.83. The highest BCUT2D eigenvalue weighted by molar-refractivity contribution is 5.98. The van der Waals surface area contributed by atoms with Crippen LogP contribution in [0.4, 0.5) is 5.82 Å². The molecule has 5 rings (SSSR count). The molecule has 9 heteroatoms. The molecule has 0 saturated carbocycles. The van der Waals surface area contributed by atoms with E-state index in [-0.39, 0.29) is 17.5 Å². The molecule has 1 fully saturated rings. The largest absolute Gasteiger partial charge is 0.355 e. The van der Waals surface area contributed by atoms with Crippen molar-refractivity contribution in [2.75, 3.05) is 25.0 Å². The number of nitrogens with zero attached hydrogens (tertiary/aromatic N) is 7. The quantitative estimate of drug-likeness (QED) is 0.528. The number of rotatable bonds is 6. The van der Waals surface area contributed by atoms with Crippen molar-refractivity contribution < 1.29 is 4.79 Å². The summed E-state index contributed by atoms with van der Waals surface area (Å²) in [5.74, 6) is 1.42. The molecule has 0 N–H and O–H groups in total. The first-order valence-corrected chi connectivity index (χ1v) is 11.4. The Balaban J connectivity index is 1.30. The maximum Gasteiger partial charge on any atom is 0.255 e. The lowest BCUT2D eigenvalue weighted by molar-refractivity contribution is 0.0708. The van der Waals surface area contributed by atoms with Crippen molar-refractivity contribution in [3.05, 3.63) is 82.8 Å². The fourth-order valence-electron chi connectivity index (χ4n) is 4.71. The van der Waals surface area contributed by atoms with E-state index in [0.29, 0.717) is 29.9 Å². The van der Waals surface area contributed by atoms with Gasteiger partial charge in [-0.05, 0) is 30.9 Å². The van der Waals surface area contributed by atoms with Gasteiger partial charge in [-0.15, -0.1) is 6.58 Å². The van der Waals surface area contributed by atoms with Crippen molar-refractivity contribution in [3.63, 3.8) is 0 Å². The second-order valence-electron chi connectivity index (χ2n) is 8.61. The monoisotopic (exact) mass is 457 g/mol. The second-order valence-corrected chi connectivity index (χ2v) is 8.61. The van der Waals surface area contributed by atoms with Crippen LogP contribution >= 0.6 is 0 Å². The maximum absolute atomic E-state index is 13.5. The van der Waals surface area contributed by atoms with Crippen LogP contribution in [0.2, 0.25) is 0 Å². The second kappa shape index (κ2) is 9.09. The zero-order valence-electron chi connectivity index (χ0n) is 19.2. The summed E-state index contributed by atoms with van der Waals surface area (Å²) >= 11 is 0. The molecule has 0 radical (unpaired) electrons. The summed E-state index contributed by atoms with van der Waals surface area (Å²) in [6, 6.07) is 1.95. The van der Waals surface area contributed by atoms with Crippen LogP contribution in [0.15, 0.2) is 60.6 Å². The van der Waals surface area contributed by atoms with Crippen LogP contribution in [-0.2, 0) is 13.0 Å². The predicted octanol–water partition coefficient (Wildman–Crippen LogP) is 2.32. The molecule has 3 aromatic heterocycles. The van der Waals surface area contributed by atoms with Crippen LogP contribution in [-0.4, -0.2) is 61.3 Å². The molecule has 0 spiro atoms. The summed E-state index contributed by atoms with van der Waals surface area (Å²) in [4.78, 5) is 39.3. The van der Waals surface area contributed by atoms with E-state index < -0.39 is 0 Å². The molecular weight excluding hydrogens is 430 g/mol. The molecule has 0 bridgehead atoms. The van der Waals surface area contributed by atoms with Crippen molar-refractivity contribution in [1.29, 1.82) is 0 Å². The van der Waals surface area contributed by atoms with Crippen LogP contribution in [0.5, 0.6) is 0 Å². The lowest BCUT2D eigenvalue weighted by Gasteiger charge is -2.37. The normalized spacial score (nSPS) is 15.4. The minimum atomic E-state index is -0.0560. The number of carbonyl (C=O) groups is 1.